The Hall–Kier alpha value is -0.353. The number of Topliss-reactive ketones (excluding diaryl/α,β-unsaturated/α-hetero) is 2. The van der Waals surface area contributed by atoms with Crippen LogP contribution in [0, 0.1) is 11.8 Å². The van der Waals surface area contributed by atoms with E-state index in [0.29, 0.717) is 6.42 Å². The predicted octanol–water partition coefficient (Wildman–Crippen LogP) is 4.96. The van der Waals surface area contributed by atoms with Crippen LogP contribution >= 0.6 is 22.6 Å². The van der Waals surface area contributed by atoms with Gasteiger partial charge in [-0.2, -0.15) is 0 Å². The second-order valence-corrected chi connectivity index (χ2v) is 15.8. The van der Waals surface area contributed by atoms with E-state index >= 15 is 0 Å². The third-order valence-corrected chi connectivity index (χ3v) is 12.2. The molecule has 0 aromatic heterocycles. The Morgan fingerprint density at radius 3 is 2.37 bits per heavy atom. The first-order valence-corrected chi connectivity index (χ1v) is 14.8. The predicted molar refractivity (Wildman–Crippen MR) is 132 cm³/mol. The molecular weight excluding hydrogens is 511 g/mol. The van der Waals surface area contributed by atoms with Gasteiger partial charge in [0, 0.05) is 6.42 Å². The number of carbonyl (C=O) groups excluding carboxylic acids is 2. The number of allylic oxidation sites excluding steroid dienone is 2. The molecule has 2 N–H and O–H groups in total. The summed E-state index contributed by atoms with van der Waals surface area (Å²) in [5.41, 5.74) is -0.535. The van der Waals surface area contributed by atoms with Gasteiger partial charge in [-0.15, -0.1) is 0 Å². The molecule has 0 spiro atoms. The van der Waals surface area contributed by atoms with E-state index in [9.17, 15) is 19.8 Å². The van der Waals surface area contributed by atoms with Crippen LogP contribution in [0.15, 0.2) is 21.8 Å². The summed E-state index contributed by atoms with van der Waals surface area (Å²) >= 11 is 2.08. The Labute approximate surface area is 196 Å². The summed E-state index contributed by atoms with van der Waals surface area (Å²) in [6.45, 7) is 15.9. The van der Waals surface area contributed by atoms with Crippen LogP contribution in [0.2, 0.25) is 18.1 Å². The SMILES string of the molecule is C/C(=C\I)[C@H]1C(=O)C(=O)C[C@H](O[Si](C)(C)C(C)(C)C)CC[C@@](C)(O)[C@H](O)/C=C/[C@@H]1C. The Balaban J connectivity index is 3.36. The van der Waals surface area contributed by atoms with Gasteiger partial charge in [0.25, 0.3) is 0 Å². The number of rotatable bonds is 3. The molecular formula is C23H39IO5Si. The summed E-state index contributed by atoms with van der Waals surface area (Å²) < 4.78 is 8.30. The van der Waals surface area contributed by atoms with Crippen LogP contribution < -0.4 is 0 Å². The molecule has 0 aliphatic heterocycles. The molecule has 5 atom stereocenters. The molecule has 0 bridgehead atoms. The van der Waals surface area contributed by atoms with Crippen molar-refractivity contribution in [3.63, 3.8) is 0 Å². The molecule has 0 radical (unpaired) electrons. The number of halogens is 1. The minimum atomic E-state index is -2.19. The summed E-state index contributed by atoms with van der Waals surface area (Å²) in [7, 11) is -2.19. The molecule has 0 fully saturated rings. The van der Waals surface area contributed by atoms with Gasteiger partial charge in [-0.25, -0.2) is 0 Å². The average molecular weight is 551 g/mol. The lowest BCUT2D eigenvalue weighted by atomic mass is 9.80. The summed E-state index contributed by atoms with van der Waals surface area (Å²) in [5.74, 6) is -1.71. The zero-order chi connectivity index (χ0) is 23.5. The molecule has 0 aromatic carbocycles. The van der Waals surface area contributed by atoms with Gasteiger partial charge >= 0.3 is 0 Å². The summed E-state index contributed by atoms with van der Waals surface area (Å²) in [4.78, 5) is 26.1. The van der Waals surface area contributed by atoms with E-state index in [1.807, 2.05) is 17.9 Å². The molecule has 1 rings (SSSR count). The first-order valence-electron chi connectivity index (χ1n) is 10.6. The third kappa shape index (κ3) is 7.08. The quantitative estimate of drug-likeness (QED) is 0.225. The molecule has 0 unspecified atom stereocenters. The van der Waals surface area contributed by atoms with Crippen LogP contribution in [-0.2, 0) is 14.0 Å². The average Bonchev–Trinajstić information content (AvgIpc) is 2.61. The second kappa shape index (κ2) is 10.5. The lowest BCUT2D eigenvalue weighted by Gasteiger charge is -2.40. The molecule has 172 valence electrons. The van der Waals surface area contributed by atoms with Crippen molar-refractivity contribution in [2.75, 3.05) is 0 Å². The van der Waals surface area contributed by atoms with Gasteiger partial charge in [0.1, 0.15) is 6.10 Å². The Morgan fingerprint density at radius 1 is 1.30 bits per heavy atom. The van der Waals surface area contributed by atoms with Crippen molar-refractivity contribution in [3.05, 3.63) is 21.8 Å². The van der Waals surface area contributed by atoms with Crippen molar-refractivity contribution in [3.8, 4) is 0 Å². The fourth-order valence-corrected chi connectivity index (χ4v) is 5.18. The Kier molecular flexibility index (Phi) is 9.70. The fraction of sp³-hybridized carbons (Fsp3) is 0.739. The topological polar surface area (TPSA) is 83.8 Å². The highest BCUT2D eigenvalue weighted by Crippen LogP contribution is 2.39. The lowest BCUT2D eigenvalue weighted by Crippen LogP contribution is -2.46. The molecule has 5 nitrogen and oxygen atoms in total. The van der Waals surface area contributed by atoms with Crippen LogP contribution in [0.1, 0.15) is 60.8 Å². The minimum Gasteiger partial charge on any atom is -0.413 e. The molecule has 1 aliphatic carbocycles. The number of aliphatic hydroxyl groups excluding tert-OH is 1. The standard InChI is InChI=1S/C23H39IO5Si/c1-15-9-10-19(26)23(6,28)12-11-17(29-30(7,8)22(3,4)5)13-18(25)21(27)20(15)16(2)14-24/h9-10,14-15,17,19-20,26,28H,11-13H2,1-8H3/b10-9+,16-14+/t15-,17+,19+,20-,23+/m0/s1. The molecule has 0 amide bonds. The van der Waals surface area contributed by atoms with Crippen LogP contribution in [0.4, 0.5) is 0 Å². The minimum absolute atomic E-state index is 0.00101. The first-order chi connectivity index (χ1) is 13.5. The largest absolute Gasteiger partial charge is 0.413 e. The number of hydrogen-bond donors (Lipinski definition) is 2. The molecule has 0 saturated heterocycles. The van der Waals surface area contributed by atoms with E-state index < -0.39 is 43.6 Å². The first kappa shape index (κ1) is 27.7. The van der Waals surface area contributed by atoms with Crippen molar-refractivity contribution >= 4 is 42.5 Å². The highest BCUT2D eigenvalue weighted by atomic mass is 127. The molecule has 7 heteroatoms. The number of carbonyl (C=O) groups is 2. The van der Waals surface area contributed by atoms with Crippen LogP contribution in [-0.4, -0.2) is 47.9 Å². The highest BCUT2D eigenvalue weighted by molar-refractivity contribution is 14.1. The maximum absolute atomic E-state index is 13.1. The van der Waals surface area contributed by atoms with E-state index in [1.54, 1.807) is 19.1 Å². The van der Waals surface area contributed by atoms with Crippen molar-refractivity contribution in [1.82, 2.24) is 0 Å². The summed E-state index contributed by atoms with van der Waals surface area (Å²) in [5, 5.41) is 21.3. The fourth-order valence-electron chi connectivity index (χ4n) is 3.41. The monoisotopic (exact) mass is 550 g/mol. The normalized spacial score (nSPS) is 34.3. The summed E-state index contributed by atoms with van der Waals surface area (Å²) in [6, 6.07) is 0. The zero-order valence-electron chi connectivity index (χ0n) is 19.7. The van der Waals surface area contributed by atoms with Crippen molar-refractivity contribution in [2.24, 2.45) is 11.8 Å². The maximum Gasteiger partial charge on any atom is 0.206 e. The Morgan fingerprint density at radius 2 is 1.87 bits per heavy atom. The van der Waals surface area contributed by atoms with Gasteiger partial charge < -0.3 is 14.6 Å². The van der Waals surface area contributed by atoms with Gasteiger partial charge in [0.2, 0.25) is 11.6 Å². The van der Waals surface area contributed by atoms with Gasteiger partial charge in [0.15, 0.2) is 8.32 Å². The van der Waals surface area contributed by atoms with E-state index in [0.717, 1.165) is 5.57 Å². The van der Waals surface area contributed by atoms with E-state index in [-0.39, 0.29) is 23.8 Å². The van der Waals surface area contributed by atoms with Crippen molar-refractivity contribution in [1.29, 1.82) is 0 Å². The van der Waals surface area contributed by atoms with Crippen LogP contribution in [0.25, 0.3) is 0 Å². The van der Waals surface area contributed by atoms with Crippen molar-refractivity contribution < 1.29 is 24.2 Å². The van der Waals surface area contributed by atoms with E-state index in [2.05, 4.69) is 56.5 Å². The highest BCUT2D eigenvalue weighted by Gasteiger charge is 2.41. The molecule has 30 heavy (non-hydrogen) atoms. The lowest BCUT2D eigenvalue weighted by molar-refractivity contribution is -0.140. The third-order valence-electron chi connectivity index (χ3n) is 6.63. The van der Waals surface area contributed by atoms with E-state index in [4.69, 9.17) is 4.43 Å². The molecule has 0 aromatic rings. The van der Waals surface area contributed by atoms with Crippen molar-refractivity contribution in [2.45, 2.75) is 96.7 Å². The van der Waals surface area contributed by atoms with Gasteiger partial charge in [-0.05, 0) is 54.8 Å². The van der Waals surface area contributed by atoms with E-state index in [1.165, 1.54) is 0 Å². The number of hydrogen-bond acceptors (Lipinski definition) is 5. The molecule has 0 heterocycles. The number of aliphatic hydroxyl groups is 2. The molecule has 0 saturated carbocycles. The van der Waals surface area contributed by atoms with Gasteiger partial charge in [-0.1, -0.05) is 68.0 Å². The van der Waals surface area contributed by atoms with Gasteiger partial charge in [-0.3, -0.25) is 9.59 Å². The van der Waals surface area contributed by atoms with Gasteiger partial charge in [0.05, 0.1) is 17.6 Å². The number of ketones is 2. The van der Waals surface area contributed by atoms with Crippen LogP contribution in [0.3, 0.4) is 0 Å². The smallest absolute Gasteiger partial charge is 0.206 e. The summed E-state index contributed by atoms with van der Waals surface area (Å²) in [6.07, 6.45) is 2.39. The second-order valence-electron chi connectivity index (χ2n) is 10.4. The van der Waals surface area contributed by atoms with Crippen LogP contribution in [0.5, 0.6) is 0 Å². The molecule has 1 aliphatic rings. The Bertz CT molecular complexity index is 690. The maximum atomic E-state index is 13.1. The zero-order valence-corrected chi connectivity index (χ0v) is 22.8.